The van der Waals surface area contributed by atoms with Crippen molar-refractivity contribution in [3.05, 3.63) is 35.6 Å². The highest BCUT2D eigenvalue weighted by molar-refractivity contribution is 5.68. The van der Waals surface area contributed by atoms with E-state index in [-0.39, 0.29) is 18.0 Å². The molecule has 1 fully saturated rings. The molecule has 0 unspecified atom stereocenters. The van der Waals surface area contributed by atoms with E-state index < -0.39 is 5.60 Å². The van der Waals surface area contributed by atoms with Gasteiger partial charge in [-0.05, 0) is 51.3 Å². The van der Waals surface area contributed by atoms with Gasteiger partial charge in [-0.25, -0.2) is 9.18 Å². The van der Waals surface area contributed by atoms with Crippen molar-refractivity contribution in [2.45, 2.75) is 51.8 Å². The summed E-state index contributed by atoms with van der Waals surface area (Å²) in [5.41, 5.74) is 0.571. The van der Waals surface area contributed by atoms with E-state index in [1.807, 2.05) is 20.8 Å². The van der Waals surface area contributed by atoms with Gasteiger partial charge in [0, 0.05) is 25.7 Å². The molecule has 122 valence electrons. The van der Waals surface area contributed by atoms with Gasteiger partial charge in [-0.15, -0.1) is 0 Å². The number of carbonyl (C=O) groups excluding carboxylic acids is 1. The van der Waals surface area contributed by atoms with E-state index in [2.05, 4.69) is 5.32 Å². The molecule has 0 bridgehead atoms. The lowest BCUT2D eigenvalue weighted by molar-refractivity contribution is 0.0187. The molecule has 0 saturated carbocycles. The highest BCUT2D eigenvalue weighted by Gasteiger charge is 2.27. The lowest BCUT2D eigenvalue weighted by Gasteiger charge is -2.34. The minimum Gasteiger partial charge on any atom is -0.444 e. The fraction of sp³-hybridized carbons (Fsp3) is 0.588. The van der Waals surface area contributed by atoms with Crippen molar-refractivity contribution in [3.8, 4) is 0 Å². The predicted molar refractivity (Wildman–Crippen MR) is 84.1 cm³/mol. The fourth-order valence-electron chi connectivity index (χ4n) is 2.50. The number of benzene rings is 1. The maximum atomic E-state index is 12.9. The van der Waals surface area contributed by atoms with Crippen LogP contribution in [0.25, 0.3) is 0 Å². The van der Waals surface area contributed by atoms with Gasteiger partial charge in [-0.3, -0.25) is 0 Å². The summed E-state index contributed by atoms with van der Waals surface area (Å²) in [5.74, 6) is -0.225. The van der Waals surface area contributed by atoms with Crippen LogP contribution in [0.5, 0.6) is 0 Å². The molecule has 1 N–H and O–H groups in total. The molecule has 1 aromatic carbocycles. The van der Waals surface area contributed by atoms with Crippen molar-refractivity contribution >= 4 is 6.09 Å². The average molecular weight is 308 g/mol. The molecule has 1 saturated heterocycles. The van der Waals surface area contributed by atoms with Gasteiger partial charge in [0.15, 0.2) is 0 Å². The van der Waals surface area contributed by atoms with Gasteiger partial charge >= 0.3 is 6.09 Å². The third-order valence-corrected chi connectivity index (χ3v) is 3.58. The Hall–Kier alpha value is -1.62. The van der Waals surface area contributed by atoms with Crippen LogP contribution < -0.4 is 5.32 Å². The van der Waals surface area contributed by atoms with E-state index >= 15 is 0 Å². The Morgan fingerprint density at radius 3 is 2.68 bits per heavy atom. The van der Waals surface area contributed by atoms with Crippen LogP contribution in [0.15, 0.2) is 24.3 Å². The summed E-state index contributed by atoms with van der Waals surface area (Å²) < 4.78 is 18.3. The fourth-order valence-corrected chi connectivity index (χ4v) is 2.50. The summed E-state index contributed by atoms with van der Waals surface area (Å²) in [7, 11) is 0. The first-order valence-corrected chi connectivity index (χ1v) is 7.79. The van der Waals surface area contributed by atoms with Gasteiger partial charge < -0.3 is 15.0 Å². The van der Waals surface area contributed by atoms with Crippen molar-refractivity contribution in [2.75, 3.05) is 13.1 Å². The first-order valence-electron chi connectivity index (χ1n) is 7.79. The molecule has 0 spiro atoms. The molecule has 0 aliphatic carbocycles. The maximum absolute atomic E-state index is 12.9. The Morgan fingerprint density at radius 2 is 2.05 bits per heavy atom. The SMILES string of the molecule is CC(C)(C)OC(=O)N1CCC[C@H](NCc2ccc(F)cc2)C1. The number of halogens is 1. The van der Waals surface area contributed by atoms with Crippen molar-refractivity contribution in [1.29, 1.82) is 0 Å². The molecule has 1 aliphatic heterocycles. The number of carbonyl (C=O) groups is 1. The predicted octanol–water partition coefficient (Wildman–Crippen LogP) is 3.31. The number of likely N-dealkylation sites (tertiary alicyclic amines) is 1. The monoisotopic (exact) mass is 308 g/mol. The number of hydrogen-bond donors (Lipinski definition) is 1. The summed E-state index contributed by atoms with van der Waals surface area (Å²) in [6, 6.07) is 6.72. The second-order valence-electron chi connectivity index (χ2n) is 6.77. The Bertz CT molecular complexity index is 496. The average Bonchev–Trinajstić information content (AvgIpc) is 2.45. The maximum Gasteiger partial charge on any atom is 0.410 e. The van der Waals surface area contributed by atoms with Crippen molar-refractivity contribution in [2.24, 2.45) is 0 Å². The quantitative estimate of drug-likeness (QED) is 0.931. The lowest BCUT2D eigenvalue weighted by atomic mass is 10.1. The molecule has 1 aliphatic rings. The van der Waals surface area contributed by atoms with Crippen LogP contribution in [0.3, 0.4) is 0 Å². The van der Waals surface area contributed by atoms with Crippen LogP contribution >= 0.6 is 0 Å². The molecule has 1 aromatic rings. The van der Waals surface area contributed by atoms with Crippen molar-refractivity contribution in [3.63, 3.8) is 0 Å². The van der Waals surface area contributed by atoms with Crippen molar-refractivity contribution < 1.29 is 13.9 Å². The van der Waals surface area contributed by atoms with Crippen LogP contribution in [-0.2, 0) is 11.3 Å². The topological polar surface area (TPSA) is 41.6 Å². The van der Waals surface area contributed by atoms with Gasteiger partial charge in [0.1, 0.15) is 11.4 Å². The number of amides is 1. The number of piperidine rings is 1. The third-order valence-electron chi connectivity index (χ3n) is 3.58. The minimum absolute atomic E-state index is 0.225. The zero-order valence-electron chi connectivity index (χ0n) is 13.6. The van der Waals surface area contributed by atoms with Gasteiger partial charge in [-0.2, -0.15) is 0 Å². The normalized spacial score (nSPS) is 19.1. The van der Waals surface area contributed by atoms with Gasteiger partial charge in [0.2, 0.25) is 0 Å². The molecular formula is C17H25FN2O2. The Labute approximate surface area is 131 Å². The Balaban J connectivity index is 1.82. The smallest absolute Gasteiger partial charge is 0.410 e. The number of rotatable bonds is 3. The number of ether oxygens (including phenoxy) is 1. The zero-order chi connectivity index (χ0) is 16.2. The first-order chi connectivity index (χ1) is 10.3. The van der Waals surface area contributed by atoms with E-state index in [1.54, 1.807) is 17.0 Å². The lowest BCUT2D eigenvalue weighted by Crippen LogP contribution is -2.49. The summed E-state index contributed by atoms with van der Waals surface area (Å²) in [6.45, 7) is 7.68. The Kier molecular flexibility index (Phi) is 5.40. The van der Waals surface area contributed by atoms with E-state index in [4.69, 9.17) is 4.74 Å². The van der Waals surface area contributed by atoms with Crippen LogP contribution in [0, 0.1) is 5.82 Å². The summed E-state index contributed by atoms with van der Waals surface area (Å²) in [5, 5.41) is 3.43. The summed E-state index contributed by atoms with van der Waals surface area (Å²) in [6.07, 6.45) is 1.74. The van der Waals surface area contributed by atoms with Crippen molar-refractivity contribution in [1.82, 2.24) is 10.2 Å². The van der Waals surface area contributed by atoms with Gasteiger partial charge in [0.05, 0.1) is 0 Å². The molecule has 1 amide bonds. The standard InChI is InChI=1S/C17H25FN2O2/c1-17(2,3)22-16(21)20-10-4-5-15(12-20)19-11-13-6-8-14(18)9-7-13/h6-9,15,19H,4-5,10-12H2,1-3H3/t15-/m0/s1. The molecule has 0 radical (unpaired) electrons. The molecule has 0 aromatic heterocycles. The molecule has 22 heavy (non-hydrogen) atoms. The van der Waals surface area contributed by atoms with Gasteiger partial charge in [0.25, 0.3) is 0 Å². The second kappa shape index (κ2) is 7.09. The Morgan fingerprint density at radius 1 is 1.36 bits per heavy atom. The largest absolute Gasteiger partial charge is 0.444 e. The van der Waals surface area contributed by atoms with E-state index in [0.29, 0.717) is 13.1 Å². The third kappa shape index (κ3) is 5.30. The molecule has 5 heteroatoms. The highest BCUT2D eigenvalue weighted by Crippen LogP contribution is 2.16. The molecule has 1 heterocycles. The molecule has 4 nitrogen and oxygen atoms in total. The molecule has 2 rings (SSSR count). The van der Waals surface area contributed by atoms with Crippen LogP contribution in [-0.4, -0.2) is 35.7 Å². The molecular weight excluding hydrogens is 283 g/mol. The number of nitrogens with zero attached hydrogens (tertiary/aromatic N) is 1. The summed E-state index contributed by atoms with van der Waals surface area (Å²) >= 11 is 0. The highest BCUT2D eigenvalue weighted by atomic mass is 19.1. The van der Waals surface area contributed by atoms with Crippen LogP contribution in [0.1, 0.15) is 39.2 Å². The number of nitrogens with one attached hydrogen (secondary N) is 1. The zero-order valence-corrected chi connectivity index (χ0v) is 13.6. The van der Waals surface area contributed by atoms with E-state index in [9.17, 15) is 9.18 Å². The number of hydrogen-bond acceptors (Lipinski definition) is 3. The summed E-state index contributed by atoms with van der Waals surface area (Å²) in [4.78, 5) is 13.9. The minimum atomic E-state index is -0.467. The van der Waals surface area contributed by atoms with Crippen LogP contribution in [0.2, 0.25) is 0 Å². The first kappa shape index (κ1) is 16.7. The van der Waals surface area contributed by atoms with E-state index in [0.717, 1.165) is 24.9 Å². The van der Waals surface area contributed by atoms with E-state index in [1.165, 1.54) is 12.1 Å². The molecule has 1 atom stereocenters. The second-order valence-corrected chi connectivity index (χ2v) is 6.77. The van der Waals surface area contributed by atoms with Crippen LogP contribution in [0.4, 0.5) is 9.18 Å². The van der Waals surface area contributed by atoms with Gasteiger partial charge in [-0.1, -0.05) is 12.1 Å².